The highest BCUT2D eigenvalue weighted by Crippen LogP contribution is 2.49. The highest BCUT2D eigenvalue weighted by atomic mass is 127. The molecule has 0 N–H and O–H groups in total. The second-order valence-corrected chi connectivity index (χ2v) is 8.94. The van der Waals surface area contributed by atoms with Crippen molar-refractivity contribution in [3.05, 3.63) is 65.4 Å². The van der Waals surface area contributed by atoms with Gasteiger partial charge in [0.15, 0.2) is 11.6 Å². The van der Waals surface area contributed by atoms with E-state index in [1.54, 1.807) is 6.07 Å². The maximum atomic E-state index is 13.8. The summed E-state index contributed by atoms with van der Waals surface area (Å²) in [6.45, 7) is 0. The Morgan fingerprint density at radius 2 is 1.69 bits per heavy atom. The number of benzene rings is 2. The smallest absolute Gasteiger partial charge is 0.294 e. The molecule has 0 bridgehead atoms. The van der Waals surface area contributed by atoms with E-state index in [1.807, 2.05) is 22.6 Å². The lowest BCUT2D eigenvalue weighted by Gasteiger charge is -2.31. The minimum Gasteiger partial charge on any atom is -0.294 e. The van der Waals surface area contributed by atoms with Crippen molar-refractivity contribution in [3.63, 3.8) is 0 Å². The molecular weight excluding hydrogens is 594 g/mol. The SMILES string of the molecule is O=C(CC(S)(c1cc(Cl)c(F)c(Cl)c1)C(F)(F)F)c1ccc(I)c(Br)c1. The Kier molecular flexibility index (Phi) is 6.97. The molecule has 26 heavy (non-hydrogen) atoms. The number of alkyl halides is 3. The molecule has 140 valence electrons. The van der Waals surface area contributed by atoms with Gasteiger partial charge < -0.3 is 0 Å². The molecule has 0 saturated heterocycles. The minimum atomic E-state index is -4.92. The standard InChI is InChI=1S/C16H8BrCl2F4IOS/c17-9-3-7(1-2-12(9)24)13(25)6-15(26,16(21,22)23)8-4-10(18)14(20)11(19)5-8/h1-5,26H,6H2. The van der Waals surface area contributed by atoms with Gasteiger partial charge in [0.05, 0.1) is 10.0 Å². The zero-order valence-electron chi connectivity index (χ0n) is 12.5. The van der Waals surface area contributed by atoms with Gasteiger partial charge in [0.25, 0.3) is 0 Å². The lowest BCUT2D eigenvalue weighted by atomic mass is 9.89. The van der Waals surface area contributed by atoms with Gasteiger partial charge in [-0.1, -0.05) is 29.3 Å². The molecule has 0 aromatic heterocycles. The number of hydrogen-bond donors (Lipinski definition) is 1. The van der Waals surface area contributed by atoms with Crippen molar-refractivity contribution in [2.75, 3.05) is 0 Å². The Hall–Kier alpha value is -0.0300. The van der Waals surface area contributed by atoms with Gasteiger partial charge in [-0.05, 0) is 68.3 Å². The van der Waals surface area contributed by atoms with E-state index < -0.39 is 44.6 Å². The molecule has 2 aromatic carbocycles. The summed E-state index contributed by atoms with van der Waals surface area (Å²) in [5.74, 6) is -1.83. The molecule has 1 unspecified atom stereocenters. The molecule has 0 heterocycles. The second-order valence-electron chi connectivity index (χ2n) is 5.34. The third-order valence-corrected chi connectivity index (χ3v) is 7.15. The van der Waals surface area contributed by atoms with E-state index in [-0.39, 0.29) is 5.56 Å². The molecule has 0 amide bonds. The second kappa shape index (κ2) is 8.14. The van der Waals surface area contributed by atoms with E-state index in [1.165, 1.54) is 12.1 Å². The third kappa shape index (κ3) is 4.51. The van der Waals surface area contributed by atoms with Gasteiger partial charge in [-0.3, -0.25) is 4.79 Å². The fourth-order valence-electron chi connectivity index (χ4n) is 2.16. The van der Waals surface area contributed by atoms with E-state index in [0.29, 0.717) is 4.47 Å². The van der Waals surface area contributed by atoms with Crippen molar-refractivity contribution in [2.45, 2.75) is 17.3 Å². The number of carbonyl (C=O) groups excluding carboxylic acids is 1. The average Bonchev–Trinajstić information content (AvgIpc) is 2.53. The van der Waals surface area contributed by atoms with Crippen molar-refractivity contribution >= 4 is 80.1 Å². The molecule has 0 aliphatic heterocycles. The van der Waals surface area contributed by atoms with Crippen LogP contribution in [0.4, 0.5) is 17.6 Å². The van der Waals surface area contributed by atoms with Crippen molar-refractivity contribution in [3.8, 4) is 0 Å². The minimum absolute atomic E-state index is 0.0827. The number of halogens is 8. The lowest BCUT2D eigenvalue weighted by Crippen LogP contribution is -2.39. The summed E-state index contributed by atoms with van der Waals surface area (Å²) in [5, 5.41) is -1.17. The van der Waals surface area contributed by atoms with Crippen LogP contribution in [-0.2, 0) is 4.75 Å². The Morgan fingerprint density at radius 1 is 1.15 bits per heavy atom. The van der Waals surface area contributed by atoms with E-state index in [2.05, 4.69) is 28.6 Å². The first-order valence-electron chi connectivity index (χ1n) is 6.79. The van der Waals surface area contributed by atoms with Crippen LogP contribution in [0.2, 0.25) is 10.0 Å². The van der Waals surface area contributed by atoms with Gasteiger partial charge in [0.2, 0.25) is 0 Å². The van der Waals surface area contributed by atoms with Crippen LogP contribution >= 0.6 is 74.4 Å². The van der Waals surface area contributed by atoms with Crippen LogP contribution in [0.25, 0.3) is 0 Å². The molecule has 0 aliphatic rings. The molecule has 0 saturated carbocycles. The maximum Gasteiger partial charge on any atom is 0.407 e. The first kappa shape index (κ1) is 22.3. The molecule has 1 nitrogen and oxygen atoms in total. The first-order chi connectivity index (χ1) is 11.9. The number of Topliss-reactive ketones (excluding diaryl/α,β-unsaturated/α-hetero) is 1. The van der Waals surface area contributed by atoms with Crippen molar-refractivity contribution in [1.82, 2.24) is 0 Å². The predicted octanol–water partition coefficient (Wildman–Crippen LogP) is 7.46. The number of carbonyl (C=O) groups is 1. The molecule has 0 radical (unpaired) electrons. The van der Waals surface area contributed by atoms with Crippen molar-refractivity contribution in [1.29, 1.82) is 0 Å². The summed E-state index contributed by atoms with van der Waals surface area (Å²) >= 11 is 20.2. The lowest BCUT2D eigenvalue weighted by molar-refractivity contribution is -0.160. The van der Waals surface area contributed by atoms with Crippen LogP contribution < -0.4 is 0 Å². The molecule has 2 aromatic rings. The van der Waals surface area contributed by atoms with Gasteiger partial charge in [-0.2, -0.15) is 25.8 Å². The van der Waals surface area contributed by atoms with Crippen molar-refractivity contribution in [2.24, 2.45) is 0 Å². The van der Waals surface area contributed by atoms with Crippen LogP contribution in [-0.4, -0.2) is 12.0 Å². The largest absolute Gasteiger partial charge is 0.407 e. The van der Waals surface area contributed by atoms with E-state index in [0.717, 1.165) is 15.7 Å². The van der Waals surface area contributed by atoms with Crippen LogP contribution in [0, 0.1) is 9.39 Å². The monoisotopic (exact) mass is 600 g/mol. The first-order valence-corrected chi connectivity index (χ1v) is 9.86. The summed E-state index contributed by atoms with van der Waals surface area (Å²) < 4.78 is 53.3. The van der Waals surface area contributed by atoms with Gasteiger partial charge >= 0.3 is 6.18 Å². The van der Waals surface area contributed by atoms with E-state index >= 15 is 0 Å². The Bertz CT molecular complexity index is 855. The zero-order chi connectivity index (χ0) is 19.9. The predicted molar refractivity (Wildman–Crippen MR) is 109 cm³/mol. The Balaban J connectivity index is 2.51. The van der Waals surface area contributed by atoms with Crippen LogP contribution in [0.1, 0.15) is 22.3 Å². The van der Waals surface area contributed by atoms with E-state index in [4.69, 9.17) is 23.2 Å². The Labute approximate surface area is 184 Å². The van der Waals surface area contributed by atoms with Gasteiger partial charge in [0.1, 0.15) is 4.75 Å². The third-order valence-electron chi connectivity index (χ3n) is 3.59. The molecule has 10 heteroatoms. The summed E-state index contributed by atoms with van der Waals surface area (Å²) in [4.78, 5) is 12.5. The van der Waals surface area contributed by atoms with Crippen molar-refractivity contribution < 1.29 is 22.4 Å². The highest BCUT2D eigenvalue weighted by Gasteiger charge is 2.55. The molecule has 0 fully saturated rings. The normalized spacial score (nSPS) is 14.2. The average molecular weight is 602 g/mol. The summed E-state index contributed by atoms with van der Waals surface area (Å²) in [6, 6.07) is 6.00. The summed E-state index contributed by atoms with van der Waals surface area (Å²) in [6.07, 6.45) is -5.93. The van der Waals surface area contributed by atoms with Crippen LogP contribution in [0.5, 0.6) is 0 Å². The quantitative estimate of drug-likeness (QED) is 0.127. The van der Waals surface area contributed by atoms with E-state index in [9.17, 15) is 22.4 Å². The molecule has 0 aliphatic carbocycles. The number of rotatable bonds is 4. The maximum absolute atomic E-state index is 13.8. The molecular formula is C16H8BrCl2F4IOS. The van der Waals surface area contributed by atoms with Gasteiger partial charge in [0, 0.05) is 20.0 Å². The molecule has 2 rings (SSSR count). The van der Waals surface area contributed by atoms with Crippen LogP contribution in [0.15, 0.2) is 34.8 Å². The van der Waals surface area contributed by atoms with Gasteiger partial charge in [-0.15, -0.1) is 0 Å². The Morgan fingerprint density at radius 3 is 2.15 bits per heavy atom. The fourth-order valence-corrected chi connectivity index (χ4v) is 3.64. The van der Waals surface area contributed by atoms with Crippen LogP contribution in [0.3, 0.4) is 0 Å². The summed E-state index contributed by atoms with van der Waals surface area (Å²) in [7, 11) is 0. The van der Waals surface area contributed by atoms with Gasteiger partial charge in [-0.25, -0.2) is 4.39 Å². The number of thiol groups is 1. The summed E-state index contributed by atoms with van der Waals surface area (Å²) in [5.41, 5.74) is -0.429. The fraction of sp³-hybridized carbons (Fsp3) is 0.188. The zero-order valence-corrected chi connectivity index (χ0v) is 18.6. The topological polar surface area (TPSA) is 17.1 Å². The number of hydrogen-bond acceptors (Lipinski definition) is 2. The molecule has 0 spiro atoms. The molecule has 1 atom stereocenters. The highest BCUT2D eigenvalue weighted by molar-refractivity contribution is 14.1. The number of ketones is 1.